The van der Waals surface area contributed by atoms with Crippen LogP contribution in [0.15, 0.2) is 112 Å². The van der Waals surface area contributed by atoms with E-state index in [-0.39, 0.29) is 14.7 Å². The van der Waals surface area contributed by atoms with Gasteiger partial charge in [-0.1, -0.05) is 72.3 Å². The molecule has 8 heteroatoms. The Bertz CT molecular complexity index is 1330. The number of hydrogen-bond acceptors (Lipinski definition) is 4. The van der Waals surface area contributed by atoms with Crippen LogP contribution < -0.4 is 4.72 Å². The molecule has 0 saturated carbocycles. The molecule has 0 heterocycles. The van der Waals surface area contributed by atoms with Crippen molar-refractivity contribution in [1.29, 1.82) is 0 Å². The van der Waals surface area contributed by atoms with Gasteiger partial charge in [0.2, 0.25) is 19.9 Å². The zero-order chi connectivity index (χ0) is 23.4. The van der Waals surface area contributed by atoms with Gasteiger partial charge in [0, 0.05) is 5.02 Å². The van der Waals surface area contributed by atoms with E-state index in [2.05, 4.69) is 11.3 Å². The Labute approximate surface area is 194 Å². The lowest BCUT2D eigenvalue weighted by atomic mass is 10.1. The average Bonchev–Trinajstić information content (AvgIpc) is 2.77. The Morgan fingerprint density at radius 2 is 1.47 bits per heavy atom. The van der Waals surface area contributed by atoms with Crippen molar-refractivity contribution >= 4 is 31.5 Å². The van der Waals surface area contributed by atoms with Gasteiger partial charge in [-0.3, -0.25) is 0 Å². The van der Waals surface area contributed by atoms with Crippen molar-refractivity contribution < 1.29 is 16.8 Å². The van der Waals surface area contributed by atoms with Crippen molar-refractivity contribution in [2.24, 2.45) is 0 Å². The van der Waals surface area contributed by atoms with Crippen LogP contribution in [0.5, 0.6) is 0 Å². The fraction of sp³-hybridized carbons (Fsp3) is 0.0833. The van der Waals surface area contributed by atoms with Gasteiger partial charge in [-0.2, -0.15) is 4.72 Å². The molecule has 5 nitrogen and oxygen atoms in total. The third kappa shape index (κ3) is 5.37. The number of benzene rings is 3. The Hall–Kier alpha value is -2.71. The zero-order valence-electron chi connectivity index (χ0n) is 17.3. The summed E-state index contributed by atoms with van der Waals surface area (Å²) in [4.78, 5) is -0.0862. The van der Waals surface area contributed by atoms with Crippen molar-refractivity contribution in [3.63, 3.8) is 0 Å². The fourth-order valence-electron chi connectivity index (χ4n) is 3.08. The highest BCUT2D eigenvalue weighted by molar-refractivity contribution is 7.95. The van der Waals surface area contributed by atoms with E-state index in [0.717, 1.165) is 5.56 Å². The van der Waals surface area contributed by atoms with E-state index in [1.165, 1.54) is 36.4 Å². The van der Waals surface area contributed by atoms with E-state index in [4.69, 9.17) is 11.6 Å². The molecule has 3 rings (SSSR count). The second-order valence-corrected chi connectivity index (χ2v) is 11.1. The van der Waals surface area contributed by atoms with Gasteiger partial charge in [0.25, 0.3) is 0 Å². The summed E-state index contributed by atoms with van der Waals surface area (Å²) in [6, 6.07) is 19.2. The number of rotatable bonds is 8. The summed E-state index contributed by atoms with van der Waals surface area (Å²) in [5.74, 6) is 0. The van der Waals surface area contributed by atoms with Gasteiger partial charge in [-0.05, 0) is 55.0 Å². The van der Waals surface area contributed by atoms with Crippen molar-refractivity contribution in [3.8, 4) is 0 Å². The van der Waals surface area contributed by atoms with E-state index in [1.807, 2.05) is 6.92 Å². The molecule has 3 aromatic carbocycles. The monoisotopic (exact) mass is 487 g/mol. The molecule has 1 atom stereocenters. The number of aryl methyl sites for hydroxylation is 1. The quantitative estimate of drug-likeness (QED) is 0.442. The molecule has 0 aliphatic heterocycles. The highest BCUT2D eigenvalue weighted by atomic mass is 35.5. The molecule has 0 aromatic heterocycles. The largest absolute Gasteiger partial charge is 0.241 e. The minimum atomic E-state index is -4.06. The molecular weight excluding hydrogens is 466 g/mol. The molecule has 0 bridgehead atoms. The molecule has 0 spiro atoms. The number of allylic oxidation sites excluding steroid dienone is 2. The number of halogens is 1. The van der Waals surface area contributed by atoms with Crippen LogP contribution in [0.1, 0.15) is 17.2 Å². The van der Waals surface area contributed by atoms with E-state index in [9.17, 15) is 16.8 Å². The molecule has 0 amide bonds. The van der Waals surface area contributed by atoms with Gasteiger partial charge in [0.05, 0.1) is 20.7 Å². The van der Waals surface area contributed by atoms with E-state index in [0.29, 0.717) is 10.6 Å². The fourth-order valence-corrected chi connectivity index (χ4v) is 6.05. The van der Waals surface area contributed by atoms with Crippen LogP contribution >= 0.6 is 11.6 Å². The van der Waals surface area contributed by atoms with Crippen LogP contribution in [0.3, 0.4) is 0 Å². The first-order chi connectivity index (χ1) is 15.1. The second-order valence-electron chi connectivity index (χ2n) is 7.04. The molecular formula is C24H22ClNO4S2. The van der Waals surface area contributed by atoms with Crippen LogP contribution in [0.2, 0.25) is 5.02 Å². The standard InChI is InChI=1S/C24H22ClNO4S2/c1-3-7-23(31(27,28)21-16-10-18(2)11-17-21)24(19-12-14-20(25)15-13-19)26-32(29,30)22-8-5-4-6-9-22/h3-17,24,26H,1H2,2H3/b23-7-. The van der Waals surface area contributed by atoms with Crippen LogP contribution in [-0.4, -0.2) is 16.8 Å². The summed E-state index contributed by atoms with van der Waals surface area (Å²) < 4.78 is 55.9. The van der Waals surface area contributed by atoms with Gasteiger partial charge in [0.1, 0.15) is 0 Å². The summed E-state index contributed by atoms with van der Waals surface area (Å²) >= 11 is 6.00. The van der Waals surface area contributed by atoms with Gasteiger partial charge >= 0.3 is 0 Å². The summed E-state index contributed by atoms with van der Waals surface area (Å²) in [5, 5.41) is 0.439. The van der Waals surface area contributed by atoms with Crippen molar-refractivity contribution in [1.82, 2.24) is 4.72 Å². The maximum absolute atomic E-state index is 13.6. The van der Waals surface area contributed by atoms with Crippen LogP contribution in [0.4, 0.5) is 0 Å². The van der Waals surface area contributed by atoms with E-state index in [1.54, 1.807) is 54.6 Å². The maximum Gasteiger partial charge on any atom is 0.241 e. The molecule has 0 aliphatic carbocycles. The third-order valence-electron chi connectivity index (χ3n) is 4.74. The Balaban J connectivity index is 2.18. The molecule has 1 unspecified atom stereocenters. The number of nitrogens with one attached hydrogen (secondary N) is 1. The summed E-state index contributed by atoms with van der Waals surface area (Å²) in [6.45, 7) is 5.48. The minimum absolute atomic E-state index is 0.0182. The van der Waals surface area contributed by atoms with Crippen LogP contribution in [0, 0.1) is 6.92 Å². The lowest BCUT2D eigenvalue weighted by molar-refractivity contribution is 0.569. The molecule has 166 valence electrons. The maximum atomic E-state index is 13.6. The SMILES string of the molecule is C=C/C=C(/C(NS(=O)(=O)c1ccccc1)c1ccc(Cl)cc1)S(=O)(=O)c1ccc(C)cc1. The lowest BCUT2D eigenvalue weighted by Gasteiger charge is -2.23. The first-order valence-corrected chi connectivity index (χ1v) is 13.0. The topological polar surface area (TPSA) is 80.3 Å². The first-order valence-electron chi connectivity index (χ1n) is 9.62. The van der Waals surface area contributed by atoms with E-state index >= 15 is 0 Å². The number of sulfonamides is 1. The van der Waals surface area contributed by atoms with Gasteiger partial charge in [-0.15, -0.1) is 0 Å². The molecule has 0 saturated heterocycles. The summed E-state index contributed by atoms with van der Waals surface area (Å²) in [6.07, 6.45) is 2.63. The summed E-state index contributed by atoms with van der Waals surface area (Å²) in [7, 11) is -8.11. The van der Waals surface area contributed by atoms with Crippen molar-refractivity contribution in [2.45, 2.75) is 22.8 Å². The molecule has 0 radical (unpaired) electrons. The van der Waals surface area contributed by atoms with Crippen LogP contribution in [-0.2, 0) is 19.9 Å². The zero-order valence-corrected chi connectivity index (χ0v) is 19.7. The molecule has 1 N–H and O–H groups in total. The highest BCUT2D eigenvalue weighted by Crippen LogP contribution is 2.33. The molecule has 3 aromatic rings. The van der Waals surface area contributed by atoms with Crippen molar-refractivity contribution in [3.05, 3.63) is 119 Å². The predicted molar refractivity (Wildman–Crippen MR) is 128 cm³/mol. The Morgan fingerprint density at radius 3 is 2.03 bits per heavy atom. The minimum Gasteiger partial charge on any atom is -0.219 e. The lowest BCUT2D eigenvalue weighted by Crippen LogP contribution is -2.32. The number of sulfone groups is 1. The van der Waals surface area contributed by atoms with E-state index < -0.39 is 25.9 Å². The third-order valence-corrected chi connectivity index (χ3v) is 8.31. The van der Waals surface area contributed by atoms with Gasteiger partial charge in [0.15, 0.2) is 0 Å². The van der Waals surface area contributed by atoms with Gasteiger partial charge in [-0.25, -0.2) is 16.8 Å². The van der Waals surface area contributed by atoms with Crippen LogP contribution in [0.25, 0.3) is 0 Å². The highest BCUT2D eigenvalue weighted by Gasteiger charge is 2.32. The molecule has 0 aliphatic rings. The number of hydrogen-bond donors (Lipinski definition) is 1. The molecule has 32 heavy (non-hydrogen) atoms. The van der Waals surface area contributed by atoms with Gasteiger partial charge < -0.3 is 0 Å². The Kier molecular flexibility index (Phi) is 7.36. The first kappa shape index (κ1) is 23.9. The predicted octanol–water partition coefficient (Wildman–Crippen LogP) is 5.21. The second kappa shape index (κ2) is 9.83. The molecule has 0 fully saturated rings. The summed E-state index contributed by atoms with van der Waals surface area (Å²) in [5.41, 5.74) is 1.31. The van der Waals surface area contributed by atoms with Crippen molar-refractivity contribution in [2.75, 3.05) is 0 Å². The average molecular weight is 488 g/mol. The normalized spacial score (nSPS) is 13.5. The smallest absolute Gasteiger partial charge is 0.219 e. The Morgan fingerprint density at radius 1 is 0.875 bits per heavy atom.